The Labute approximate surface area is 115 Å². The molecule has 2 aliphatic rings. The summed E-state index contributed by atoms with van der Waals surface area (Å²) in [7, 11) is 0. The van der Waals surface area contributed by atoms with Gasteiger partial charge in [-0.2, -0.15) is 4.98 Å². The van der Waals surface area contributed by atoms with Crippen LogP contribution < -0.4 is 5.32 Å². The second kappa shape index (κ2) is 6.04. The third-order valence-electron chi connectivity index (χ3n) is 4.86. The first-order chi connectivity index (χ1) is 9.36. The lowest BCUT2D eigenvalue weighted by Gasteiger charge is -2.25. The molecule has 2 fully saturated rings. The maximum atomic E-state index is 5.49. The molecule has 1 unspecified atom stereocenters. The third-order valence-corrected chi connectivity index (χ3v) is 4.86. The van der Waals surface area contributed by atoms with Crippen molar-refractivity contribution < 1.29 is 4.52 Å². The monoisotopic (exact) mass is 263 g/mol. The minimum Gasteiger partial charge on any atom is -0.338 e. The van der Waals surface area contributed by atoms with Gasteiger partial charge in [-0.25, -0.2) is 0 Å². The summed E-state index contributed by atoms with van der Waals surface area (Å²) >= 11 is 0. The number of aromatic nitrogens is 2. The minimum absolute atomic E-state index is 0.294. The molecule has 1 saturated heterocycles. The normalized spacial score (nSPS) is 32.4. The average Bonchev–Trinajstić information content (AvgIpc) is 2.98. The Balaban J connectivity index is 1.61. The molecule has 1 N–H and O–H groups in total. The second-order valence-corrected chi connectivity index (χ2v) is 6.12. The van der Waals surface area contributed by atoms with E-state index < -0.39 is 0 Å². The van der Waals surface area contributed by atoms with Crippen molar-refractivity contribution in [2.45, 2.75) is 70.3 Å². The summed E-state index contributed by atoms with van der Waals surface area (Å²) in [5, 5.41) is 7.71. The maximum absolute atomic E-state index is 5.49. The largest absolute Gasteiger partial charge is 0.338 e. The Morgan fingerprint density at radius 3 is 2.68 bits per heavy atom. The van der Waals surface area contributed by atoms with Crippen LogP contribution >= 0.6 is 0 Å². The van der Waals surface area contributed by atoms with E-state index in [1.807, 2.05) is 0 Å². The summed E-state index contributed by atoms with van der Waals surface area (Å²) in [6.45, 7) is 3.37. The van der Waals surface area contributed by atoms with Crippen molar-refractivity contribution in [2.75, 3.05) is 6.54 Å². The number of hydrogen-bond acceptors (Lipinski definition) is 4. The van der Waals surface area contributed by atoms with Crippen molar-refractivity contribution in [1.82, 2.24) is 15.5 Å². The van der Waals surface area contributed by atoms with E-state index >= 15 is 0 Å². The van der Waals surface area contributed by atoms with Gasteiger partial charge in [0.05, 0.1) is 6.04 Å². The molecule has 4 heteroatoms. The first kappa shape index (κ1) is 13.1. The van der Waals surface area contributed by atoms with Crippen molar-refractivity contribution in [3.05, 3.63) is 11.7 Å². The molecule has 106 valence electrons. The van der Waals surface area contributed by atoms with E-state index in [1.165, 1.54) is 44.9 Å². The van der Waals surface area contributed by atoms with E-state index in [0.717, 1.165) is 30.6 Å². The number of nitrogens with zero attached hydrogens (tertiary/aromatic N) is 2. The predicted octanol–water partition coefficient (Wildman–Crippen LogP) is 3.57. The van der Waals surface area contributed by atoms with Crippen molar-refractivity contribution in [1.29, 1.82) is 0 Å². The van der Waals surface area contributed by atoms with Gasteiger partial charge >= 0.3 is 0 Å². The summed E-state index contributed by atoms with van der Waals surface area (Å²) in [5.74, 6) is 3.22. The van der Waals surface area contributed by atoms with Gasteiger partial charge in [0.25, 0.3) is 0 Å². The van der Waals surface area contributed by atoms with Gasteiger partial charge in [0.2, 0.25) is 5.89 Å². The lowest BCUT2D eigenvalue weighted by Crippen LogP contribution is -2.27. The molecule has 0 spiro atoms. The summed E-state index contributed by atoms with van der Waals surface area (Å²) in [6.07, 6.45) is 10.1. The van der Waals surface area contributed by atoms with Gasteiger partial charge in [-0.05, 0) is 51.0 Å². The van der Waals surface area contributed by atoms with Crippen LogP contribution in [0.3, 0.4) is 0 Å². The fraction of sp³-hybridized carbons (Fsp3) is 0.867. The van der Waals surface area contributed by atoms with E-state index in [9.17, 15) is 0 Å². The van der Waals surface area contributed by atoms with Crippen LogP contribution in [0.1, 0.15) is 82.0 Å². The smallest absolute Gasteiger partial charge is 0.243 e. The Morgan fingerprint density at radius 1 is 1.16 bits per heavy atom. The molecular weight excluding hydrogens is 238 g/mol. The van der Waals surface area contributed by atoms with Crippen molar-refractivity contribution in [2.24, 2.45) is 5.92 Å². The first-order valence-electron chi connectivity index (χ1n) is 7.93. The Bertz CT molecular complexity index is 390. The fourth-order valence-electron chi connectivity index (χ4n) is 3.45. The summed E-state index contributed by atoms with van der Waals surface area (Å²) in [6, 6.07) is 0.294. The van der Waals surface area contributed by atoms with Gasteiger partial charge in [-0.15, -0.1) is 0 Å². The highest BCUT2D eigenvalue weighted by molar-refractivity contribution is 5.00. The average molecular weight is 263 g/mol. The van der Waals surface area contributed by atoms with E-state index in [-0.39, 0.29) is 0 Å². The number of rotatable bonds is 3. The number of piperidine rings is 1. The molecule has 0 radical (unpaired) electrons. The Kier molecular flexibility index (Phi) is 4.16. The minimum atomic E-state index is 0.294. The molecule has 1 aliphatic heterocycles. The molecule has 1 aliphatic carbocycles. The maximum Gasteiger partial charge on any atom is 0.243 e. The lowest BCUT2D eigenvalue weighted by molar-refractivity contribution is 0.286. The van der Waals surface area contributed by atoms with Gasteiger partial charge in [0.15, 0.2) is 5.82 Å². The lowest BCUT2D eigenvalue weighted by atomic mass is 9.80. The third kappa shape index (κ3) is 2.99. The molecule has 1 aromatic rings. The first-order valence-corrected chi connectivity index (χ1v) is 7.93. The molecule has 1 saturated carbocycles. The molecule has 1 aromatic heterocycles. The highest BCUT2D eigenvalue weighted by atomic mass is 16.5. The highest BCUT2D eigenvalue weighted by Crippen LogP contribution is 2.36. The molecule has 3 rings (SSSR count). The van der Waals surface area contributed by atoms with Crippen LogP contribution in [0.4, 0.5) is 0 Å². The molecule has 0 aromatic carbocycles. The van der Waals surface area contributed by atoms with Crippen LogP contribution in [0.25, 0.3) is 0 Å². The molecule has 0 bridgehead atoms. The topological polar surface area (TPSA) is 51.0 Å². The second-order valence-electron chi connectivity index (χ2n) is 6.12. The van der Waals surface area contributed by atoms with Gasteiger partial charge in [-0.1, -0.05) is 24.9 Å². The molecule has 0 amide bonds. The number of hydrogen-bond donors (Lipinski definition) is 1. The van der Waals surface area contributed by atoms with E-state index in [4.69, 9.17) is 4.52 Å². The van der Waals surface area contributed by atoms with E-state index in [2.05, 4.69) is 22.4 Å². The quantitative estimate of drug-likeness (QED) is 0.905. The zero-order chi connectivity index (χ0) is 13.1. The van der Waals surface area contributed by atoms with Crippen LogP contribution in [-0.2, 0) is 0 Å². The van der Waals surface area contributed by atoms with E-state index in [0.29, 0.717) is 12.0 Å². The van der Waals surface area contributed by atoms with Crippen LogP contribution in [0.2, 0.25) is 0 Å². The molecule has 1 atom stereocenters. The van der Waals surface area contributed by atoms with Gasteiger partial charge < -0.3 is 9.84 Å². The molecule has 19 heavy (non-hydrogen) atoms. The SMILES string of the molecule is CCC1CCC(c2noc(C3CCCCN3)n2)CC1. The molecular formula is C15H25N3O. The summed E-state index contributed by atoms with van der Waals surface area (Å²) < 4.78 is 5.49. The van der Waals surface area contributed by atoms with E-state index in [1.54, 1.807) is 0 Å². The van der Waals surface area contributed by atoms with Gasteiger partial charge in [0, 0.05) is 5.92 Å². The summed E-state index contributed by atoms with van der Waals surface area (Å²) in [4.78, 5) is 4.67. The standard InChI is InChI=1S/C15H25N3O/c1-2-11-6-8-12(9-7-11)14-17-15(19-18-14)13-5-3-4-10-16-13/h11-13,16H,2-10H2,1H3. The van der Waals surface area contributed by atoms with Crippen LogP contribution in [0.15, 0.2) is 4.52 Å². The predicted molar refractivity (Wildman–Crippen MR) is 73.9 cm³/mol. The number of nitrogens with one attached hydrogen (secondary N) is 1. The molecule has 2 heterocycles. The summed E-state index contributed by atoms with van der Waals surface area (Å²) in [5.41, 5.74) is 0. The Morgan fingerprint density at radius 2 is 2.00 bits per heavy atom. The zero-order valence-corrected chi connectivity index (χ0v) is 11.9. The van der Waals surface area contributed by atoms with Crippen LogP contribution in [0.5, 0.6) is 0 Å². The van der Waals surface area contributed by atoms with Gasteiger partial charge in [-0.3, -0.25) is 0 Å². The van der Waals surface area contributed by atoms with Crippen LogP contribution in [-0.4, -0.2) is 16.7 Å². The van der Waals surface area contributed by atoms with Crippen molar-refractivity contribution >= 4 is 0 Å². The van der Waals surface area contributed by atoms with Crippen molar-refractivity contribution in [3.8, 4) is 0 Å². The Hall–Kier alpha value is -0.900. The molecule has 4 nitrogen and oxygen atoms in total. The van der Waals surface area contributed by atoms with Crippen molar-refractivity contribution in [3.63, 3.8) is 0 Å². The fourth-order valence-corrected chi connectivity index (χ4v) is 3.45. The zero-order valence-electron chi connectivity index (χ0n) is 11.9. The highest BCUT2D eigenvalue weighted by Gasteiger charge is 2.27. The van der Waals surface area contributed by atoms with Gasteiger partial charge in [0.1, 0.15) is 0 Å². The van der Waals surface area contributed by atoms with Crippen LogP contribution in [0, 0.1) is 5.92 Å².